The van der Waals surface area contributed by atoms with Gasteiger partial charge in [-0.3, -0.25) is 9.69 Å². The molecule has 114 valence electrons. The molecule has 21 heavy (non-hydrogen) atoms. The van der Waals surface area contributed by atoms with Gasteiger partial charge >= 0.3 is 0 Å². The molecule has 3 saturated heterocycles. The van der Waals surface area contributed by atoms with E-state index in [2.05, 4.69) is 11.8 Å². The maximum atomic E-state index is 13.8. The van der Waals surface area contributed by atoms with Gasteiger partial charge in [0.25, 0.3) is 5.91 Å². The molecule has 0 N–H and O–H groups in total. The fourth-order valence-electron chi connectivity index (χ4n) is 3.71. The van der Waals surface area contributed by atoms with Crippen molar-refractivity contribution in [2.45, 2.75) is 32.2 Å². The molecule has 4 rings (SSSR count). The molecule has 3 fully saturated rings. The van der Waals surface area contributed by atoms with E-state index in [-0.39, 0.29) is 11.5 Å². The highest BCUT2D eigenvalue weighted by Crippen LogP contribution is 2.29. The number of hydrogen-bond acceptors (Lipinski definition) is 2. The van der Waals surface area contributed by atoms with Crippen LogP contribution in [0, 0.1) is 11.7 Å². The van der Waals surface area contributed by atoms with Crippen molar-refractivity contribution in [3.63, 3.8) is 0 Å². The van der Waals surface area contributed by atoms with Gasteiger partial charge in [0, 0.05) is 25.7 Å². The Labute approximate surface area is 125 Å². The van der Waals surface area contributed by atoms with Gasteiger partial charge < -0.3 is 4.90 Å². The summed E-state index contributed by atoms with van der Waals surface area (Å²) in [6.07, 6.45) is 3.49. The van der Waals surface area contributed by atoms with Crippen LogP contribution in [0.3, 0.4) is 0 Å². The first-order valence-corrected chi connectivity index (χ1v) is 7.97. The Kier molecular flexibility index (Phi) is 4.24. The first kappa shape index (κ1) is 14.5. The van der Waals surface area contributed by atoms with E-state index in [1.807, 2.05) is 4.90 Å². The van der Waals surface area contributed by atoms with Gasteiger partial charge in [-0.2, -0.15) is 0 Å². The van der Waals surface area contributed by atoms with E-state index in [9.17, 15) is 9.18 Å². The molecule has 3 aliphatic rings. The Balaban J connectivity index is 1.78. The summed E-state index contributed by atoms with van der Waals surface area (Å²) in [6, 6.07) is 6.75. The standard InChI is InChI=1S/C17H23FN2O/c1-2-9-19-10-13-7-8-14(19)12-20(11-13)17(21)15-5-3-4-6-16(15)18/h3-6,13-14H,2,7-12H2,1H3/t13-,14-/m0/s1. The number of fused-ring (bicyclic) bond motifs is 4. The maximum absolute atomic E-state index is 13.8. The van der Waals surface area contributed by atoms with Gasteiger partial charge in [0.1, 0.15) is 5.82 Å². The third-order valence-corrected chi connectivity index (χ3v) is 4.73. The van der Waals surface area contributed by atoms with Crippen LogP contribution in [0.5, 0.6) is 0 Å². The molecule has 0 spiro atoms. The predicted molar refractivity (Wildman–Crippen MR) is 80.7 cm³/mol. The second-order valence-electron chi connectivity index (χ2n) is 6.28. The highest BCUT2D eigenvalue weighted by atomic mass is 19.1. The van der Waals surface area contributed by atoms with Crippen LogP contribution in [0.25, 0.3) is 0 Å². The van der Waals surface area contributed by atoms with Crippen molar-refractivity contribution in [1.29, 1.82) is 0 Å². The third kappa shape index (κ3) is 2.95. The van der Waals surface area contributed by atoms with Gasteiger partial charge in [-0.1, -0.05) is 19.1 Å². The van der Waals surface area contributed by atoms with Gasteiger partial charge in [-0.05, 0) is 43.9 Å². The molecule has 0 radical (unpaired) electrons. The molecule has 3 nitrogen and oxygen atoms in total. The SMILES string of the molecule is CCCN1C[C@@H]2CC[C@H]1CN(C(=O)c1ccccc1F)C2. The molecule has 0 saturated carbocycles. The number of halogens is 1. The van der Waals surface area contributed by atoms with E-state index in [1.54, 1.807) is 18.2 Å². The van der Waals surface area contributed by atoms with Crippen LogP contribution in [0.15, 0.2) is 24.3 Å². The molecule has 2 bridgehead atoms. The summed E-state index contributed by atoms with van der Waals surface area (Å²) in [6.45, 7) is 5.89. The average Bonchev–Trinajstić information content (AvgIpc) is 2.79. The molecule has 0 aromatic heterocycles. The summed E-state index contributed by atoms with van der Waals surface area (Å²) in [5, 5.41) is 0. The quantitative estimate of drug-likeness (QED) is 0.854. The molecular formula is C17H23FN2O. The van der Waals surface area contributed by atoms with E-state index in [4.69, 9.17) is 0 Å². The molecule has 4 heteroatoms. The molecule has 1 aromatic rings. The summed E-state index contributed by atoms with van der Waals surface area (Å²) in [4.78, 5) is 17.0. The number of carbonyl (C=O) groups is 1. The smallest absolute Gasteiger partial charge is 0.256 e. The van der Waals surface area contributed by atoms with Gasteiger partial charge in [-0.15, -0.1) is 0 Å². The lowest BCUT2D eigenvalue weighted by molar-refractivity contribution is 0.0733. The monoisotopic (exact) mass is 290 g/mol. The topological polar surface area (TPSA) is 23.6 Å². The van der Waals surface area contributed by atoms with Crippen molar-refractivity contribution in [3.8, 4) is 0 Å². The fourth-order valence-corrected chi connectivity index (χ4v) is 3.71. The Hall–Kier alpha value is -1.42. The van der Waals surface area contributed by atoms with E-state index in [0.29, 0.717) is 12.0 Å². The average molecular weight is 290 g/mol. The van der Waals surface area contributed by atoms with Crippen molar-refractivity contribution < 1.29 is 9.18 Å². The van der Waals surface area contributed by atoms with Crippen molar-refractivity contribution in [3.05, 3.63) is 35.6 Å². The molecular weight excluding hydrogens is 267 g/mol. The Morgan fingerprint density at radius 3 is 2.81 bits per heavy atom. The third-order valence-electron chi connectivity index (χ3n) is 4.73. The lowest BCUT2D eigenvalue weighted by Gasteiger charge is -2.35. The summed E-state index contributed by atoms with van der Waals surface area (Å²) in [5.74, 6) is -0.0288. The van der Waals surface area contributed by atoms with Crippen LogP contribution in [0.1, 0.15) is 36.5 Å². The Morgan fingerprint density at radius 1 is 1.24 bits per heavy atom. The zero-order valence-corrected chi connectivity index (χ0v) is 12.6. The van der Waals surface area contributed by atoms with Gasteiger partial charge in [0.05, 0.1) is 5.56 Å². The van der Waals surface area contributed by atoms with Gasteiger partial charge in [0.2, 0.25) is 0 Å². The number of nitrogens with zero attached hydrogens (tertiary/aromatic N) is 2. The minimum atomic E-state index is -0.412. The largest absolute Gasteiger partial charge is 0.337 e. The second kappa shape index (κ2) is 6.14. The van der Waals surface area contributed by atoms with Crippen LogP contribution >= 0.6 is 0 Å². The van der Waals surface area contributed by atoms with Gasteiger partial charge in [0.15, 0.2) is 0 Å². The van der Waals surface area contributed by atoms with Crippen LogP contribution in [0.4, 0.5) is 4.39 Å². The minimum Gasteiger partial charge on any atom is -0.337 e. The van der Waals surface area contributed by atoms with E-state index in [0.717, 1.165) is 39.0 Å². The van der Waals surface area contributed by atoms with Crippen LogP contribution in [-0.2, 0) is 0 Å². The number of piperidine rings is 1. The summed E-state index contributed by atoms with van der Waals surface area (Å²) < 4.78 is 13.8. The zero-order valence-electron chi connectivity index (χ0n) is 12.6. The maximum Gasteiger partial charge on any atom is 0.256 e. The fraction of sp³-hybridized carbons (Fsp3) is 0.588. The first-order valence-electron chi connectivity index (χ1n) is 7.97. The molecule has 1 amide bonds. The Morgan fingerprint density at radius 2 is 2.05 bits per heavy atom. The van der Waals surface area contributed by atoms with Crippen LogP contribution in [-0.4, -0.2) is 47.9 Å². The molecule has 0 aliphatic carbocycles. The summed E-state index contributed by atoms with van der Waals surface area (Å²) in [5.41, 5.74) is 0.209. The lowest BCUT2D eigenvalue weighted by atomic mass is 9.95. The van der Waals surface area contributed by atoms with Gasteiger partial charge in [-0.25, -0.2) is 4.39 Å². The molecule has 3 aliphatic heterocycles. The minimum absolute atomic E-state index is 0.150. The van der Waals surface area contributed by atoms with Crippen molar-refractivity contribution in [2.75, 3.05) is 26.2 Å². The summed E-state index contributed by atoms with van der Waals surface area (Å²) >= 11 is 0. The van der Waals surface area contributed by atoms with E-state index >= 15 is 0 Å². The molecule has 2 atom stereocenters. The number of carbonyl (C=O) groups excluding carboxylic acids is 1. The predicted octanol–water partition coefficient (Wildman–Crippen LogP) is 2.77. The number of rotatable bonds is 3. The number of amides is 1. The van der Waals surface area contributed by atoms with Crippen molar-refractivity contribution in [1.82, 2.24) is 9.80 Å². The highest BCUT2D eigenvalue weighted by molar-refractivity contribution is 5.94. The highest BCUT2D eigenvalue weighted by Gasteiger charge is 2.36. The van der Waals surface area contributed by atoms with Crippen LogP contribution < -0.4 is 0 Å². The first-order chi connectivity index (χ1) is 10.2. The normalized spacial score (nSPS) is 25.9. The second-order valence-corrected chi connectivity index (χ2v) is 6.28. The van der Waals surface area contributed by atoms with Crippen LogP contribution in [0.2, 0.25) is 0 Å². The van der Waals surface area contributed by atoms with E-state index < -0.39 is 5.82 Å². The van der Waals surface area contributed by atoms with Crippen molar-refractivity contribution >= 4 is 5.91 Å². The zero-order chi connectivity index (χ0) is 14.8. The molecule has 1 aromatic carbocycles. The van der Waals surface area contributed by atoms with Crippen molar-refractivity contribution in [2.24, 2.45) is 5.92 Å². The Bertz CT molecular complexity index is 519. The summed E-state index contributed by atoms with van der Waals surface area (Å²) in [7, 11) is 0. The lowest BCUT2D eigenvalue weighted by Crippen LogP contribution is -2.44. The number of hydrogen-bond donors (Lipinski definition) is 0. The molecule has 0 unspecified atom stereocenters. The van der Waals surface area contributed by atoms with E-state index in [1.165, 1.54) is 12.5 Å². The number of benzene rings is 1. The molecule has 3 heterocycles.